The Morgan fingerprint density at radius 3 is 2.32 bits per heavy atom. The minimum Gasteiger partial charge on any atom is -0.452 e. The third kappa shape index (κ3) is 3.33. The second-order valence-corrected chi connectivity index (χ2v) is 7.69. The fourth-order valence-electron chi connectivity index (χ4n) is 3.35. The molecular formula is C19H26BNO4. The van der Waals surface area contributed by atoms with Crippen LogP contribution in [0.4, 0.5) is 4.79 Å². The predicted octanol–water partition coefficient (Wildman–Crippen LogP) is 3.83. The van der Waals surface area contributed by atoms with Crippen molar-refractivity contribution in [1.29, 1.82) is 0 Å². The molecule has 134 valence electrons. The molecule has 5 nitrogen and oxygen atoms in total. The molecule has 0 spiro atoms. The molecule has 25 heavy (non-hydrogen) atoms. The van der Waals surface area contributed by atoms with E-state index in [0.29, 0.717) is 6.54 Å². The largest absolute Gasteiger partial charge is 0.463 e. The minimum absolute atomic E-state index is 0.0208. The Labute approximate surface area is 150 Å². The van der Waals surface area contributed by atoms with Gasteiger partial charge in [0.15, 0.2) is 0 Å². The van der Waals surface area contributed by atoms with E-state index in [0.717, 1.165) is 0 Å². The third-order valence-electron chi connectivity index (χ3n) is 5.56. The molecule has 6 heteroatoms. The van der Waals surface area contributed by atoms with E-state index in [9.17, 15) is 4.79 Å². The topological polar surface area (TPSA) is 48.0 Å². The molecule has 0 N–H and O–H groups in total. The molecule has 2 atom stereocenters. The molecule has 1 aromatic carbocycles. The van der Waals surface area contributed by atoms with Crippen molar-refractivity contribution in [1.82, 2.24) is 4.90 Å². The fraction of sp³-hybridized carbons (Fsp3) is 0.526. The highest BCUT2D eigenvalue weighted by atomic mass is 16.7. The maximum atomic E-state index is 12.0. The molecule has 1 saturated heterocycles. The molecule has 0 bridgehead atoms. The Balaban J connectivity index is 1.92. The van der Waals surface area contributed by atoms with Crippen molar-refractivity contribution in [2.45, 2.75) is 50.6 Å². The van der Waals surface area contributed by atoms with Gasteiger partial charge in [0, 0.05) is 24.5 Å². The highest BCUT2D eigenvalue weighted by Crippen LogP contribution is 2.46. The van der Waals surface area contributed by atoms with Gasteiger partial charge in [-0.1, -0.05) is 36.4 Å². The van der Waals surface area contributed by atoms with E-state index < -0.39 is 18.3 Å². The number of carbonyl (C=O) groups is 1. The second-order valence-electron chi connectivity index (χ2n) is 7.69. The number of allylic oxidation sites excluding steroid dienone is 1. The summed E-state index contributed by atoms with van der Waals surface area (Å²) in [4.78, 5) is 13.6. The van der Waals surface area contributed by atoms with E-state index in [4.69, 9.17) is 14.0 Å². The summed E-state index contributed by atoms with van der Waals surface area (Å²) in [7, 11) is 0.996. The van der Waals surface area contributed by atoms with Gasteiger partial charge < -0.3 is 14.0 Å². The number of rotatable bonds is 2. The Morgan fingerprint density at radius 1 is 1.16 bits per heavy atom. The van der Waals surface area contributed by atoms with Crippen molar-refractivity contribution >= 4 is 13.2 Å². The molecular weight excluding hydrogens is 317 g/mol. The quantitative estimate of drug-likeness (QED) is 0.766. The van der Waals surface area contributed by atoms with Gasteiger partial charge in [-0.2, -0.15) is 0 Å². The lowest BCUT2D eigenvalue weighted by Gasteiger charge is -2.34. The highest BCUT2D eigenvalue weighted by Gasteiger charge is 2.55. The van der Waals surface area contributed by atoms with Gasteiger partial charge in [0.25, 0.3) is 0 Å². The Morgan fingerprint density at radius 2 is 1.76 bits per heavy atom. The van der Waals surface area contributed by atoms with E-state index in [1.54, 1.807) is 11.1 Å². The van der Waals surface area contributed by atoms with Gasteiger partial charge in [0.05, 0.1) is 18.3 Å². The number of hydrogen-bond donors (Lipinski definition) is 0. The minimum atomic E-state index is -0.407. The van der Waals surface area contributed by atoms with Gasteiger partial charge in [-0.15, -0.1) is 0 Å². The van der Waals surface area contributed by atoms with Crippen LogP contribution in [-0.2, 0) is 14.0 Å². The van der Waals surface area contributed by atoms with Crippen LogP contribution in [0.15, 0.2) is 42.6 Å². The van der Waals surface area contributed by atoms with Crippen LogP contribution in [0.2, 0.25) is 5.82 Å². The summed E-state index contributed by atoms with van der Waals surface area (Å²) in [5.74, 6) is 0.0874. The van der Waals surface area contributed by atoms with Gasteiger partial charge in [-0.05, 0) is 33.3 Å². The molecule has 0 saturated carbocycles. The van der Waals surface area contributed by atoms with Crippen LogP contribution in [0.5, 0.6) is 0 Å². The van der Waals surface area contributed by atoms with Gasteiger partial charge in [-0.25, -0.2) is 4.79 Å². The molecule has 1 fully saturated rings. The van der Waals surface area contributed by atoms with Crippen LogP contribution in [0.3, 0.4) is 0 Å². The zero-order valence-corrected chi connectivity index (χ0v) is 15.6. The molecule has 0 radical (unpaired) electrons. The maximum absolute atomic E-state index is 12.0. The number of amides is 1. The van der Waals surface area contributed by atoms with Crippen LogP contribution in [-0.4, -0.2) is 43.0 Å². The van der Waals surface area contributed by atoms with Gasteiger partial charge >= 0.3 is 13.2 Å². The van der Waals surface area contributed by atoms with Crippen molar-refractivity contribution in [2.75, 3.05) is 13.7 Å². The molecule has 0 aromatic heterocycles. The summed E-state index contributed by atoms with van der Waals surface area (Å²) in [5.41, 5.74) is 0.370. The van der Waals surface area contributed by atoms with E-state index in [1.807, 2.05) is 52.0 Å². The molecule has 1 aromatic rings. The first-order valence-electron chi connectivity index (χ1n) is 8.69. The monoisotopic (exact) mass is 343 g/mol. The van der Waals surface area contributed by atoms with Crippen molar-refractivity contribution < 1.29 is 18.8 Å². The van der Waals surface area contributed by atoms with Crippen molar-refractivity contribution in [3.05, 3.63) is 48.2 Å². The average molecular weight is 343 g/mol. The molecule has 3 rings (SSSR count). The summed E-state index contributed by atoms with van der Waals surface area (Å²) in [6.45, 7) is 8.66. The lowest BCUT2D eigenvalue weighted by Crippen LogP contribution is -2.41. The Hall–Kier alpha value is -1.79. The predicted molar refractivity (Wildman–Crippen MR) is 97.3 cm³/mol. The Kier molecular flexibility index (Phi) is 4.69. The summed E-state index contributed by atoms with van der Waals surface area (Å²) >= 11 is 0. The number of methoxy groups -OCH3 is 1. The summed E-state index contributed by atoms with van der Waals surface area (Å²) in [6, 6.07) is 10.2. The first-order valence-corrected chi connectivity index (χ1v) is 8.69. The SMILES string of the molecule is COC(=O)N1C=C[C@H](c2ccccc2)[C@@H](B2OC(C)(C)C(C)(C)O2)C1. The summed E-state index contributed by atoms with van der Waals surface area (Å²) < 4.78 is 17.4. The standard InChI is InChI=1S/C19H26BNO4/c1-18(2)19(3,4)25-20(24-18)16-13-21(17(22)23-5)12-11-15(16)14-9-7-6-8-10-14/h6-12,15-16H,13H2,1-5H3/t15-,16+/m1/s1. The van der Waals surface area contributed by atoms with E-state index in [2.05, 4.69) is 12.1 Å². The molecule has 2 aliphatic rings. The molecule has 0 unspecified atom stereocenters. The van der Waals surface area contributed by atoms with Crippen LogP contribution in [0.25, 0.3) is 0 Å². The first kappa shape index (κ1) is 18.0. The molecule has 0 aliphatic carbocycles. The fourth-order valence-corrected chi connectivity index (χ4v) is 3.35. The number of benzene rings is 1. The zero-order chi connectivity index (χ0) is 18.2. The van der Waals surface area contributed by atoms with E-state index in [1.165, 1.54) is 12.7 Å². The summed E-state index contributed by atoms with van der Waals surface area (Å²) in [5, 5.41) is 0. The number of carbonyl (C=O) groups excluding carboxylic acids is 1. The average Bonchev–Trinajstić information content (AvgIpc) is 2.82. The highest BCUT2D eigenvalue weighted by molar-refractivity contribution is 6.48. The van der Waals surface area contributed by atoms with Crippen LogP contribution in [0, 0.1) is 0 Å². The molecule has 2 aliphatic heterocycles. The number of ether oxygens (including phenoxy) is 1. The van der Waals surface area contributed by atoms with Gasteiger partial charge in [-0.3, -0.25) is 4.90 Å². The number of hydrogen-bond acceptors (Lipinski definition) is 4. The zero-order valence-electron chi connectivity index (χ0n) is 15.6. The molecule has 2 heterocycles. The number of nitrogens with zero attached hydrogens (tertiary/aromatic N) is 1. The lowest BCUT2D eigenvalue weighted by molar-refractivity contribution is 0.00578. The second kappa shape index (κ2) is 6.50. The smallest absolute Gasteiger partial charge is 0.452 e. The van der Waals surface area contributed by atoms with Crippen LogP contribution < -0.4 is 0 Å². The normalized spacial score (nSPS) is 27.4. The lowest BCUT2D eigenvalue weighted by atomic mass is 9.62. The van der Waals surface area contributed by atoms with Crippen LogP contribution >= 0.6 is 0 Å². The third-order valence-corrected chi connectivity index (χ3v) is 5.56. The van der Waals surface area contributed by atoms with Gasteiger partial charge in [0.2, 0.25) is 0 Å². The van der Waals surface area contributed by atoms with Crippen molar-refractivity contribution in [2.24, 2.45) is 0 Å². The maximum Gasteiger partial charge on any atom is 0.463 e. The van der Waals surface area contributed by atoms with Crippen LogP contribution in [0.1, 0.15) is 39.2 Å². The molecule has 1 amide bonds. The van der Waals surface area contributed by atoms with E-state index in [-0.39, 0.29) is 17.8 Å². The first-order chi connectivity index (χ1) is 11.7. The van der Waals surface area contributed by atoms with Crippen molar-refractivity contribution in [3.8, 4) is 0 Å². The summed E-state index contributed by atoms with van der Waals surface area (Å²) in [6.07, 6.45) is 3.46. The van der Waals surface area contributed by atoms with E-state index >= 15 is 0 Å². The Bertz CT molecular complexity index is 643. The van der Waals surface area contributed by atoms with Gasteiger partial charge in [0.1, 0.15) is 0 Å². The van der Waals surface area contributed by atoms with Crippen molar-refractivity contribution in [3.63, 3.8) is 0 Å².